The van der Waals surface area contributed by atoms with Crippen LogP contribution in [0.25, 0.3) is 0 Å². The zero-order valence-electron chi connectivity index (χ0n) is 17.7. The molecule has 158 valence electrons. The predicted octanol–water partition coefficient (Wildman–Crippen LogP) is 5.10. The van der Waals surface area contributed by atoms with Crippen LogP contribution in [0.1, 0.15) is 70.4 Å². The summed E-state index contributed by atoms with van der Waals surface area (Å²) in [6, 6.07) is 12.1. The molecule has 0 aromatic heterocycles. The van der Waals surface area contributed by atoms with E-state index in [4.69, 9.17) is 4.74 Å². The Morgan fingerprint density at radius 3 is 2.26 bits per heavy atom. The van der Waals surface area contributed by atoms with Gasteiger partial charge in [-0.15, -0.1) is 0 Å². The Morgan fingerprint density at radius 1 is 1.00 bits per heavy atom. The first-order valence-electron chi connectivity index (χ1n) is 11.0. The van der Waals surface area contributed by atoms with E-state index in [9.17, 15) is 14.7 Å². The molecular formula is C27H26O4. The third kappa shape index (κ3) is 3.53. The molecular weight excluding hydrogens is 388 g/mol. The number of carboxylic acids is 1. The molecule has 31 heavy (non-hydrogen) atoms. The molecule has 2 aromatic carbocycles. The van der Waals surface area contributed by atoms with Crippen LogP contribution in [-0.2, 0) is 5.41 Å². The molecule has 4 nitrogen and oxygen atoms in total. The number of benzene rings is 2. The number of ether oxygens (including phenoxy) is 1. The summed E-state index contributed by atoms with van der Waals surface area (Å²) in [5.74, 6) is 7.32. The van der Waals surface area contributed by atoms with Crippen LogP contribution in [0.2, 0.25) is 0 Å². The van der Waals surface area contributed by atoms with E-state index in [1.807, 2.05) is 12.1 Å². The van der Waals surface area contributed by atoms with Crippen LogP contribution in [0.15, 0.2) is 42.5 Å². The number of Topliss-reactive ketones (excluding diaryl/α,β-unsaturated/α-hetero) is 1. The summed E-state index contributed by atoms with van der Waals surface area (Å²) in [7, 11) is 1.70. The number of rotatable bonds is 4. The lowest BCUT2D eigenvalue weighted by molar-refractivity contribution is -0.00617. The van der Waals surface area contributed by atoms with Crippen LogP contribution in [0.3, 0.4) is 0 Å². The molecule has 6 rings (SSSR count). The smallest absolute Gasteiger partial charge is 0.336 e. The molecule has 0 unspecified atom stereocenters. The summed E-state index contributed by atoms with van der Waals surface area (Å²) < 4.78 is 5.73. The van der Waals surface area contributed by atoms with Gasteiger partial charge in [-0.2, -0.15) is 0 Å². The van der Waals surface area contributed by atoms with E-state index >= 15 is 0 Å². The second-order valence-electron chi connectivity index (χ2n) is 9.54. The van der Waals surface area contributed by atoms with E-state index in [1.165, 1.54) is 44.6 Å². The second-order valence-corrected chi connectivity index (χ2v) is 9.54. The van der Waals surface area contributed by atoms with Crippen molar-refractivity contribution in [1.29, 1.82) is 0 Å². The first-order chi connectivity index (χ1) is 15.0. The maximum atomic E-state index is 12.9. The minimum absolute atomic E-state index is 0.104. The van der Waals surface area contributed by atoms with E-state index in [0.29, 0.717) is 11.1 Å². The third-order valence-electron chi connectivity index (χ3n) is 7.54. The van der Waals surface area contributed by atoms with Crippen molar-refractivity contribution in [3.63, 3.8) is 0 Å². The van der Waals surface area contributed by atoms with Crippen molar-refractivity contribution in [2.24, 2.45) is 17.8 Å². The van der Waals surface area contributed by atoms with Crippen molar-refractivity contribution >= 4 is 11.8 Å². The van der Waals surface area contributed by atoms with Crippen LogP contribution >= 0.6 is 0 Å². The van der Waals surface area contributed by atoms with Crippen molar-refractivity contribution in [3.8, 4) is 17.6 Å². The Morgan fingerprint density at radius 2 is 1.65 bits per heavy atom. The van der Waals surface area contributed by atoms with Gasteiger partial charge in [-0.25, -0.2) is 4.79 Å². The number of carboxylic acid groups (broad SMARTS) is 1. The highest BCUT2D eigenvalue weighted by Gasteiger charge is 2.52. The Labute approximate surface area is 182 Å². The fraction of sp³-hybridized carbons (Fsp3) is 0.407. The fourth-order valence-corrected chi connectivity index (χ4v) is 6.68. The lowest BCUT2D eigenvalue weighted by Crippen LogP contribution is -2.48. The number of methoxy groups -OCH3 is 1. The number of hydrogen-bond acceptors (Lipinski definition) is 3. The van der Waals surface area contributed by atoms with Gasteiger partial charge in [0, 0.05) is 16.7 Å². The van der Waals surface area contributed by atoms with Crippen LogP contribution in [-0.4, -0.2) is 24.0 Å². The van der Waals surface area contributed by atoms with Gasteiger partial charge in [0.05, 0.1) is 12.7 Å². The molecule has 4 aliphatic carbocycles. The van der Waals surface area contributed by atoms with Gasteiger partial charge in [0.1, 0.15) is 5.75 Å². The minimum atomic E-state index is -1.05. The van der Waals surface area contributed by atoms with Gasteiger partial charge in [-0.05, 0) is 97.9 Å². The van der Waals surface area contributed by atoms with Crippen LogP contribution < -0.4 is 4.74 Å². The molecule has 0 saturated heterocycles. The number of carbonyl (C=O) groups excluding carboxylic acids is 1. The van der Waals surface area contributed by atoms with Crippen LogP contribution in [0.4, 0.5) is 0 Å². The van der Waals surface area contributed by atoms with E-state index < -0.39 is 5.97 Å². The molecule has 1 N–H and O–H groups in total. The minimum Gasteiger partial charge on any atom is -0.496 e. The molecule has 4 bridgehead atoms. The maximum absolute atomic E-state index is 12.9. The lowest BCUT2D eigenvalue weighted by Gasteiger charge is -2.57. The standard InChI is InChI=1S/C27H26O4/c1-31-25-9-7-21(24(28)8-6-20-4-2-3-5-22(20)26(29)30)13-23(25)27-14-17-10-18(15-27)12-19(11-17)16-27/h2-5,7,9,13,17-19H,10-12,14-16H2,1H3,(H,29,30). The lowest BCUT2D eigenvalue weighted by atomic mass is 9.48. The van der Waals surface area contributed by atoms with Gasteiger partial charge in [-0.1, -0.05) is 18.1 Å². The molecule has 0 heterocycles. The molecule has 4 saturated carbocycles. The summed E-state index contributed by atoms with van der Waals surface area (Å²) in [4.78, 5) is 24.3. The van der Waals surface area contributed by atoms with Gasteiger partial charge in [-0.3, -0.25) is 4.79 Å². The van der Waals surface area contributed by atoms with Crippen LogP contribution in [0, 0.1) is 29.6 Å². The van der Waals surface area contributed by atoms with E-state index in [2.05, 4.69) is 11.8 Å². The van der Waals surface area contributed by atoms with Crippen molar-refractivity contribution in [3.05, 3.63) is 64.7 Å². The molecule has 2 aromatic rings. The highest BCUT2D eigenvalue weighted by atomic mass is 16.5. The molecule has 0 atom stereocenters. The third-order valence-corrected chi connectivity index (χ3v) is 7.54. The summed E-state index contributed by atoms with van der Waals surface area (Å²) in [6.45, 7) is 0. The Bertz CT molecular complexity index is 1080. The molecule has 4 fully saturated rings. The second kappa shape index (κ2) is 7.57. The largest absolute Gasteiger partial charge is 0.496 e. The summed E-state index contributed by atoms with van der Waals surface area (Å²) >= 11 is 0. The molecule has 0 aliphatic heterocycles. The zero-order chi connectivity index (χ0) is 21.6. The van der Waals surface area contributed by atoms with Gasteiger partial charge < -0.3 is 9.84 Å². The number of aromatic carboxylic acids is 1. The SMILES string of the molecule is COc1ccc(C(=O)C#Cc2ccccc2C(=O)O)cc1C12CC3CC(CC(C3)C1)C2. The molecule has 4 aliphatic rings. The first kappa shape index (κ1) is 19.9. The van der Waals surface area contributed by atoms with Gasteiger partial charge >= 0.3 is 5.97 Å². The van der Waals surface area contributed by atoms with Crippen molar-refractivity contribution in [1.82, 2.24) is 0 Å². The highest BCUT2D eigenvalue weighted by Crippen LogP contribution is 2.61. The average Bonchev–Trinajstić information content (AvgIpc) is 2.76. The summed E-state index contributed by atoms with van der Waals surface area (Å²) in [5.41, 5.74) is 2.27. The van der Waals surface area contributed by atoms with Gasteiger partial charge in [0.2, 0.25) is 5.78 Å². The Kier molecular flexibility index (Phi) is 4.85. The monoisotopic (exact) mass is 414 g/mol. The maximum Gasteiger partial charge on any atom is 0.336 e. The number of hydrogen-bond donors (Lipinski definition) is 1. The topological polar surface area (TPSA) is 63.6 Å². The number of ketones is 1. The van der Waals surface area contributed by atoms with Gasteiger partial charge in [0.15, 0.2) is 0 Å². The highest BCUT2D eigenvalue weighted by molar-refractivity contribution is 6.09. The molecule has 0 radical (unpaired) electrons. The molecule has 4 heteroatoms. The summed E-state index contributed by atoms with van der Waals surface area (Å²) in [6.07, 6.45) is 7.62. The predicted molar refractivity (Wildman–Crippen MR) is 117 cm³/mol. The average molecular weight is 415 g/mol. The van der Waals surface area contributed by atoms with E-state index in [1.54, 1.807) is 31.4 Å². The number of carbonyl (C=O) groups is 2. The fourth-order valence-electron chi connectivity index (χ4n) is 6.68. The Hall–Kier alpha value is -3.06. The van der Waals surface area contributed by atoms with E-state index in [-0.39, 0.29) is 16.8 Å². The zero-order valence-corrected chi connectivity index (χ0v) is 17.7. The Balaban J connectivity index is 1.49. The van der Waals surface area contributed by atoms with Gasteiger partial charge in [0.25, 0.3) is 0 Å². The molecule has 0 amide bonds. The summed E-state index contributed by atoms with van der Waals surface area (Å²) in [5, 5.41) is 9.33. The van der Waals surface area contributed by atoms with E-state index in [0.717, 1.165) is 29.1 Å². The van der Waals surface area contributed by atoms with Crippen molar-refractivity contribution < 1.29 is 19.4 Å². The molecule has 0 spiro atoms. The van der Waals surface area contributed by atoms with Crippen molar-refractivity contribution in [2.45, 2.75) is 43.9 Å². The van der Waals surface area contributed by atoms with Crippen LogP contribution in [0.5, 0.6) is 5.75 Å². The normalized spacial score (nSPS) is 28.0. The van der Waals surface area contributed by atoms with Crippen molar-refractivity contribution in [2.75, 3.05) is 7.11 Å². The first-order valence-corrected chi connectivity index (χ1v) is 11.0. The quantitative estimate of drug-likeness (QED) is 0.559.